The second kappa shape index (κ2) is 16.0. The summed E-state index contributed by atoms with van der Waals surface area (Å²) < 4.78 is 2.30. The highest BCUT2D eigenvalue weighted by Gasteiger charge is 2.18. The minimum atomic E-state index is 0.0724. The lowest BCUT2D eigenvalue weighted by Crippen LogP contribution is -2.36. The number of phenols is 1. The number of nitrogens with one attached hydrogen (secondary N) is 2. The number of fused-ring (bicyclic) bond motifs is 1. The van der Waals surface area contributed by atoms with Crippen molar-refractivity contribution < 1.29 is 9.67 Å². The van der Waals surface area contributed by atoms with Gasteiger partial charge in [-0.3, -0.25) is 5.32 Å². The van der Waals surface area contributed by atoms with E-state index >= 15 is 0 Å². The van der Waals surface area contributed by atoms with E-state index in [0.717, 1.165) is 24.4 Å². The molecule has 4 nitrogen and oxygen atoms in total. The number of rotatable bonds is 18. The molecule has 198 valence electrons. The standard InChI is InChI=1S/C30H43Cl2N3O/c1-2-3-4-5-6-7-8-9-10-11-12-13-14-17-20-35-28-19-16-15-18-27(28)34-30(35)33-23-24-21-25(31)22-26(32)29(24)36/h15-16,18-19,21-22H,2-14,17,20,23H2,1H3,(H2,33,34,36)/p+1. The molecule has 0 radical (unpaired) electrons. The van der Waals surface area contributed by atoms with Gasteiger partial charge in [-0.2, -0.15) is 0 Å². The number of imidazole rings is 1. The molecule has 0 saturated heterocycles. The number of hydrogen-bond acceptors (Lipinski definition) is 2. The van der Waals surface area contributed by atoms with Gasteiger partial charge in [0.1, 0.15) is 16.8 Å². The van der Waals surface area contributed by atoms with Crippen LogP contribution in [0.1, 0.15) is 102 Å². The predicted molar refractivity (Wildman–Crippen MR) is 154 cm³/mol. The van der Waals surface area contributed by atoms with Crippen LogP contribution in [0.5, 0.6) is 5.75 Å². The molecule has 1 aromatic heterocycles. The largest absolute Gasteiger partial charge is 0.506 e. The Bertz CT molecular complexity index is 1050. The number of unbranched alkanes of at least 4 members (excludes halogenated alkanes) is 13. The molecule has 0 amide bonds. The number of hydrogen-bond donors (Lipinski definition) is 3. The van der Waals surface area contributed by atoms with Crippen molar-refractivity contribution in [2.24, 2.45) is 0 Å². The third-order valence-corrected chi connectivity index (χ3v) is 7.51. The molecule has 1 heterocycles. The topological polar surface area (TPSA) is 51.9 Å². The maximum atomic E-state index is 10.3. The van der Waals surface area contributed by atoms with Crippen molar-refractivity contribution in [3.8, 4) is 5.75 Å². The van der Waals surface area contributed by atoms with Crippen molar-refractivity contribution >= 4 is 40.2 Å². The van der Waals surface area contributed by atoms with Crippen molar-refractivity contribution in [2.45, 2.75) is 110 Å². The summed E-state index contributed by atoms with van der Waals surface area (Å²) in [5, 5.41) is 14.5. The summed E-state index contributed by atoms with van der Waals surface area (Å²) in [6, 6.07) is 11.7. The number of anilines is 1. The average Bonchev–Trinajstić information content (AvgIpc) is 3.23. The summed E-state index contributed by atoms with van der Waals surface area (Å²) in [4.78, 5) is 3.49. The quantitative estimate of drug-likeness (QED) is 0.113. The second-order valence-electron chi connectivity index (χ2n) is 9.99. The van der Waals surface area contributed by atoms with Gasteiger partial charge in [-0.25, -0.2) is 9.55 Å². The molecule has 3 rings (SSSR count). The number of H-pyrrole nitrogens is 1. The predicted octanol–water partition coefficient (Wildman–Crippen LogP) is 9.56. The van der Waals surface area contributed by atoms with Crippen LogP contribution in [0.4, 0.5) is 5.95 Å². The van der Waals surface area contributed by atoms with Crippen LogP contribution >= 0.6 is 23.2 Å². The Kier molecular flexibility index (Phi) is 12.8. The van der Waals surface area contributed by atoms with Gasteiger partial charge >= 0.3 is 5.95 Å². The molecule has 0 atom stereocenters. The van der Waals surface area contributed by atoms with Crippen molar-refractivity contribution in [3.63, 3.8) is 0 Å². The van der Waals surface area contributed by atoms with Crippen LogP contribution in [-0.4, -0.2) is 10.1 Å². The van der Waals surface area contributed by atoms with Crippen LogP contribution in [0.2, 0.25) is 10.0 Å². The summed E-state index contributed by atoms with van der Waals surface area (Å²) in [5.74, 6) is 1.00. The Hall–Kier alpha value is -1.91. The lowest BCUT2D eigenvalue weighted by molar-refractivity contribution is -0.657. The van der Waals surface area contributed by atoms with E-state index in [-0.39, 0.29) is 10.8 Å². The number of phenolic OH excluding ortho intramolecular Hbond substituents is 1. The lowest BCUT2D eigenvalue weighted by Gasteiger charge is -2.08. The fourth-order valence-corrected chi connectivity index (χ4v) is 5.44. The summed E-state index contributed by atoms with van der Waals surface area (Å²) in [5.41, 5.74) is 2.95. The Morgan fingerprint density at radius 1 is 0.806 bits per heavy atom. The SMILES string of the molecule is CCCCCCCCCCCCCCCC[n+]1c(NCc2cc(Cl)cc(Cl)c2O)[nH]c2ccccc21. The maximum absolute atomic E-state index is 10.3. The van der Waals surface area contributed by atoms with Crippen LogP contribution in [-0.2, 0) is 13.1 Å². The van der Waals surface area contributed by atoms with Crippen LogP contribution in [0.15, 0.2) is 36.4 Å². The zero-order chi connectivity index (χ0) is 25.6. The van der Waals surface area contributed by atoms with Gasteiger partial charge < -0.3 is 5.11 Å². The van der Waals surface area contributed by atoms with E-state index in [1.807, 2.05) is 6.07 Å². The minimum absolute atomic E-state index is 0.0724. The second-order valence-corrected chi connectivity index (χ2v) is 10.8. The Balaban J connectivity index is 1.39. The van der Waals surface area contributed by atoms with Gasteiger partial charge in [-0.15, -0.1) is 0 Å². The number of para-hydroxylation sites is 2. The van der Waals surface area contributed by atoms with Crippen molar-refractivity contribution in [3.05, 3.63) is 52.0 Å². The minimum Gasteiger partial charge on any atom is -0.506 e. The molecule has 0 spiro atoms. The zero-order valence-electron chi connectivity index (χ0n) is 21.9. The molecule has 0 aliphatic rings. The number of benzene rings is 2. The van der Waals surface area contributed by atoms with Crippen molar-refractivity contribution in [1.82, 2.24) is 4.98 Å². The van der Waals surface area contributed by atoms with Crippen molar-refractivity contribution in [1.29, 1.82) is 0 Å². The number of aromatic hydroxyl groups is 1. The first kappa shape index (κ1) is 28.7. The molecule has 0 aliphatic heterocycles. The van der Waals surface area contributed by atoms with E-state index < -0.39 is 0 Å². The first-order chi connectivity index (χ1) is 17.6. The molecule has 0 bridgehead atoms. The third kappa shape index (κ3) is 9.19. The van der Waals surface area contributed by atoms with Crippen LogP contribution < -0.4 is 9.88 Å². The molecule has 3 aromatic rings. The van der Waals surface area contributed by atoms with E-state index in [0.29, 0.717) is 17.1 Å². The van der Waals surface area contributed by atoms with Gasteiger partial charge in [0, 0.05) is 10.6 Å². The van der Waals surface area contributed by atoms with Gasteiger partial charge in [-0.1, -0.05) is 126 Å². The van der Waals surface area contributed by atoms with Crippen LogP contribution in [0.3, 0.4) is 0 Å². The molecule has 0 unspecified atom stereocenters. The third-order valence-electron chi connectivity index (χ3n) is 7.01. The number of aromatic nitrogens is 2. The first-order valence-corrected chi connectivity index (χ1v) is 14.8. The monoisotopic (exact) mass is 532 g/mol. The summed E-state index contributed by atoms with van der Waals surface area (Å²) in [7, 11) is 0. The van der Waals surface area contributed by atoms with Gasteiger partial charge in [0.15, 0.2) is 0 Å². The van der Waals surface area contributed by atoms with Gasteiger partial charge in [-0.05, 0) is 30.7 Å². The Morgan fingerprint density at radius 3 is 2.03 bits per heavy atom. The highest BCUT2D eigenvalue weighted by atomic mass is 35.5. The summed E-state index contributed by atoms with van der Waals surface area (Å²) in [6.45, 7) is 3.66. The van der Waals surface area contributed by atoms with E-state index in [1.54, 1.807) is 12.1 Å². The first-order valence-electron chi connectivity index (χ1n) is 14.0. The lowest BCUT2D eigenvalue weighted by atomic mass is 10.0. The maximum Gasteiger partial charge on any atom is 0.356 e. The van der Waals surface area contributed by atoms with Gasteiger partial charge in [0.05, 0.1) is 18.1 Å². The van der Waals surface area contributed by atoms with Crippen LogP contribution in [0.25, 0.3) is 11.0 Å². The fraction of sp³-hybridized carbons (Fsp3) is 0.567. The van der Waals surface area contributed by atoms with Gasteiger partial charge in [0.2, 0.25) is 0 Å². The van der Waals surface area contributed by atoms with Gasteiger partial charge in [0.25, 0.3) is 0 Å². The highest BCUT2D eigenvalue weighted by molar-refractivity contribution is 6.35. The summed E-state index contributed by atoms with van der Waals surface area (Å²) >= 11 is 12.2. The van der Waals surface area contributed by atoms with E-state index in [1.165, 1.54) is 89.0 Å². The Labute approximate surface area is 227 Å². The summed E-state index contributed by atoms with van der Waals surface area (Å²) in [6.07, 6.45) is 19.1. The van der Waals surface area contributed by atoms with E-state index in [2.05, 4.69) is 40.0 Å². The molecule has 0 aliphatic carbocycles. The molecular weight excluding hydrogens is 489 g/mol. The van der Waals surface area contributed by atoms with E-state index in [9.17, 15) is 5.11 Å². The highest BCUT2D eigenvalue weighted by Crippen LogP contribution is 2.31. The molecule has 2 aromatic carbocycles. The zero-order valence-corrected chi connectivity index (χ0v) is 23.4. The number of aryl methyl sites for hydroxylation is 1. The molecule has 0 saturated carbocycles. The van der Waals surface area contributed by atoms with Crippen molar-refractivity contribution in [2.75, 3.05) is 5.32 Å². The number of halogens is 2. The Morgan fingerprint density at radius 2 is 1.39 bits per heavy atom. The fourth-order valence-electron chi connectivity index (χ4n) is 4.90. The average molecular weight is 534 g/mol. The molecular formula is C30H44Cl2N3O+. The molecule has 0 fully saturated rings. The smallest absolute Gasteiger partial charge is 0.356 e. The number of nitrogens with zero attached hydrogens (tertiary/aromatic N) is 1. The molecule has 6 heteroatoms. The molecule has 36 heavy (non-hydrogen) atoms. The normalized spacial score (nSPS) is 11.4. The van der Waals surface area contributed by atoms with E-state index in [4.69, 9.17) is 23.2 Å². The molecule has 3 N–H and O–H groups in total. The number of aromatic amines is 1. The van der Waals surface area contributed by atoms with Crippen LogP contribution in [0, 0.1) is 0 Å².